The molecule has 0 spiro atoms. The lowest BCUT2D eigenvalue weighted by atomic mass is 9.91. The van der Waals surface area contributed by atoms with Gasteiger partial charge in [0.05, 0.1) is 0 Å². The molecule has 5 aromatic rings. The van der Waals surface area contributed by atoms with E-state index in [1.54, 1.807) is 0 Å². The van der Waals surface area contributed by atoms with Gasteiger partial charge in [-0.15, -0.1) is 11.8 Å². The van der Waals surface area contributed by atoms with E-state index in [2.05, 4.69) is 209 Å². The normalized spacial score (nSPS) is 17.4. The zero-order valence-corrected chi connectivity index (χ0v) is 32.4. The molecule has 0 radical (unpaired) electrons. The minimum Gasteiger partial charge on any atom is -0.341 e. The van der Waals surface area contributed by atoms with Crippen LogP contribution in [0.1, 0.15) is 24.8 Å². The highest BCUT2D eigenvalue weighted by Gasteiger charge is 2.32. The topological polar surface area (TPSA) is 6.48 Å². The fraction of sp³-hybridized carbons (Fsp3) is 0.143. The maximum absolute atomic E-state index is 4.22. The molecule has 3 aliphatic rings. The van der Waals surface area contributed by atoms with Crippen molar-refractivity contribution in [1.29, 1.82) is 0 Å². The summed E-state index contributed by atoms with van der Waals surface area (Å²) >= 11 is 5.81. The third-order valence-electron chi connectivity index (χ3n) is 10.4. The molecule has 0 bridgehead atoms. The van der Waals surface area contributed by atoms with Gasteiger partial charge in [0.2, 0.25) is 0 Å². The molecule has 2 nitrogen and oxygen atoms in total. The van der Waals surface area contributed by atoms with E-state index in [0.717, 1.165) is 47.3 Å². The van der Waals surface area contributed by atoms with Crippen LogP contribution >= 0.6 is 27.7 Å². The van der Waals surface area contributed by atoms with Crippen LogP contribution in [0, 0.1) is 12.8 Å². The number of aryl methyl sites for hydroxylation is 1. The van der Waals surface area contributed by atoms with E-state index < -0.39 is 0 Å². The Kier molecular flexibility index (Phi) is 10.5. The van der Waals surface area contributed by atoms with Gasteiger partial charge in [-0.25, -0.2) is 0 Å². The van der Waals surface area contributed by atoms with Gasteiger partial charge in [0.1, 0.15) is 0 Å². The third kappa shape index (κ3) is 7.44. The predicted molar refractivity (Wildman–Crippen MR) is 233 cm³/mol. The van der Waals surface area contributed by atoms with E-state index in [1.165, 1.54) is 49.7 Å². The van der Waals surface area contributed by atoms with Crippen LogP contribution < -0.4 is 9.80 Å². The highest BCUT2D eigenvalue weighted by atomic mass is 79.9. The molecule has 2 unspecified atom stereocenters. The molecule has 2 atom stereocenters. The van der Waals surface area contributed by atoms with Gasteiger partial charge in [-0.1, -0.05) is 138 Å². The molecule has 0 fully saturated rings. The van der Waals surface area contributed by atoms with Gasteiger partial charge < -0.3 is 9.80 Å². The average Bonchev–Trinajstić information content (AvgIpc) is 3.57. The summed E-state index contributed by atoms with van der Waals surface area (Å²) < 4.78 is 1.08. The molecule has 1 heterocycles. The molecule has 5 aromatic carbocycles. The van der Waals surface area contributed by atoms with Crippen LogP contribution in [-0.2, 0) is 0 Å². The van der Waals surface area contributed by atoms with Crippen LogP contribution in [0.5, 0.6) is 0 Å². The first-order valence-electron chi connectivity index (χ1n) is 18.5. The van der Waals surface area contributed by atoms with E-state index in [1.807, 2.05) is 11.8 Å². The molecular formula is C49H43BrN2S. The fourth-order valence-corrected chi connectivity index (χ4v) is 9.68. The standard InChI is InChI=1S/C49H43BrN2S/c1-3-43-45-22-11-13-24-48(45)53-49(43)31-32-51(39-18-8-5-9-19-39)47-30-29-42(33-35(47)2)52(40-27-25-37(26-28-40)36-15-6-4-7-16-36)41-20-14-17-38(34-41)44-21-10-12-23-46(44)50/h3-4,6-8,10-30,33-34,45,48H,1,5,9,31-32H2,2H3. The molecule has 0 N–H and O–H groups in total. The minimum atomic E-state index is 0.426. The van der Waals surface area contributed by atoms with Crippen molar-refractivity contribution in [3.63, 3.8) is 0 Å². The Bertz CT molecular complexity index is 2280. The molecule has 2 aliphatic carbocycles. The molecule has 262 valence electrons. The van der Waals surface area contributed by atoms with Gasteiger partial charge in [0.25, 0.3) is 0 Å². The SMILES string of the molecule is C=CC1=C(CCN(C2=CCCC=C2)c2ccc(N(c3ccc(-c4ccccc4)cc3)c3cccc(-c4ccccc4Br)c3)cc2C)SC2C=CC=CC12. The van der Waals surface area contributed by atoms with Crippen LogP contribution in [0.3, 0.4) is 0 Å². The van der Waals surface area contributed by atoms with Crippen LogP contribution in [0.25, 0.3) is 22.3 Å². The second kappa shape index (κ2) is 15.9. The molecule has 53 heavy (non-hydrogen) atoms. The summed E-state index contributed by atoms with van der Waals surface area (Å²) in [5, 5.41) is 0.473. The van der Waals surface area contributed by atoms with Crippen molar-refractivity contribution >= 4 is 50.4 Å². The van der Waals surface area contributed by atoms with Crippen molar-refractivity contribution in [3.8, 4) is 22.3 Å². The predicted octanol–water partition coefficient (Wildman–Crippen LogP) is 14.3. The van der Waals surface area contributed by atoms with Gasteiger partial charge in [-0.05, 0) is 119 Å². The third-order valence-corrected chi connectivity index (χ3v) is 12.5. The number of allylic oxidation sites excluding steroid dienone is 8. The van der Waals surface area contributed by atoms with Crippen molar-refractivity contribution < 1.29 is 0 Å². The summed E-state index contributed by atoms with van der Waals surface area (Å²) in [6.45, 7) is 7.39. The van der Waals surface area contributed by atoms with Gasteiger partial charge in [-0.3, -0.25) is 0 Å². The van der Waals surface area contributed by atoms with Gasteiger partial charge in [0.15, 0.2) is 0 Å². The van der Waals surface area contributed by atoms with Gasteiger partial charge in [-0.2, -0.15) is 0 Å². The maximum Gasteiger partial charge on any atom is 0.0467 e. The van der Waals surface area contributed by atoms with Gasteiger partial charge in [0, 0.05) is 50.6 Å². The Morgan fingerprint density at radius 2 is 1.49 bits per heavy atom. The second-order valence-electron chi connectivity index (χ2n) is 13.7. The maximum atomic E-state index is 4.22. The summed E-state index contributed by atoms with van der Waals surface area (Å²) in [4.78, 5) is 6.37. The molecule has 0 aromatic heterocycles. The zero-order valence-electron chi connectivity index (χ0n) is 30.0. The molecule has 0 saturated carbocycles. The van der Waals surface area contributed by atoms with Crippen LogP contribution in [0.4, 0.5) is 22.7 Å². The Balaban J connectivity index is 1.16. The van der Waals surface area contributed by atoms with E-state index in [9.17, 15) is 0 Å². The average molecular weight is 772 g/mol. The summed E-state index contributed by atoms with van der Waals surface area (Å²) in [5.41, 5.74) is 13.3. The molecule has 4 heteroatoms. The van der Waals surface area contributed by atoms with Crippen molar-refractivity contribution in [2.75, 3.05) is 16.3 Å². The van der Waals surface area contributed by atoms with E-state index in [0.29, 0.717) is 11.2 Å². The monoisotopic (exact) mass is 770 g/mol. The highest BCUT2D eigenvalue weighted by molar-refractivity contribution is 9.10. The number of hydrogen-bond acceptors (Lipinski definition) is 3. The number of thioether (sulfide) groups is 1. The first kappa shape index (κ1) is 35.0. The van der Waals surface area contributed by atoms with Crippen molar-refractivity contribution in [1.82, 2.24) is 0 Å². The number of anilines is 4. The first-order chi connectivity index (χ1) is 26.1. The Morgan fingerprint density at radius 3 is 2.26 bits per heavy atom. The zero-order chi connectivity index (χ0) is 36.1. The molecule has 0 saturated heterocycles. The summed E-state index contributed by atoms with van der Waals surface area (Å²) in [6, 6.07) is 43.8. The molecular weight excluding hydrogens is 729 g/mol. The Morgan fingerprint density at radius 1 is 0.755 bits per heavy atom. The minimum absolute atomic E-state index is 0.426. The van der Waals surface area contributed by atoms with Crippen molar-refractivity contribution in [2.45, 2.75) is 31.4 Å². The fourth-order valence-electron chi connectivity index (χ4n) is 7.72. The number of fused-ring (bicyclic) bond motifs is 1. The molecule has 8 rings (SSSR count). The lowest BCUT2D eigenvalue weighted by Crippen LogP contribution is -2.25. The summed E-state index contributed by atoms with van der Waals surface area (Å²) in [6.07, 6.45) is 21.3. The highest BCUT2D eigenvalue weighted by Crippen LogP contribution is 2.47. The number of nitrogens with zero attached hydrogens (tertiary/aromatic N) is 2. The summed E-state index contributed by atoms with van der Waals surface area (Å²) in [7, 11) is 0. The van der Waals surface area contributed by atoms with E-state index in [-0.39, 0.29) is 0 Å². The lowest BCUT2D eigenvalue weighted by molar-refractivity contribution is 0.810. The number of rotatable bonds is 11. The molecule has 1 aliphatic heterocycles. The summed E-state index contributed by atoms with van der Waals surface area (Å²) in [5.74, 6) is 0.426. The quantitative estimate of drug-likeness (QED) is 0.132. The van der Waals surface area contributed by atoms with Gasteiger partial charge >= 0.3 is 0 Å². The van der Waals surface area contributed by atoms with Crippen molar-refractivity contribution in [3.05, 3.63) is 203 Å². The Hall–Kier alpha value is -5.03. The Labute approximate surface area is 327 Å². The molecule has 0 amide bonds. The first-order valence-corrected chi connectivity index (χ1v) is 20.2. The van der Waals surface area contributed by atoms with Crippen molar-refractivity contribution in [2.24, 2.45) is 5.92 Å². The number of benzene rings is 5. The van der Waals surface area contributed by atoms with Crippen LogP contribution in [0.15, 0.2) is 197 Å². The number of halogens is 1. The smallest absolute Gasteiger partial charge is 0.0467 e. The van der Waals surface area contributed by atoms with Crippen LogP contribution in [-0.4, -0.2) is 11.8 Å². The van der Waals surface area contributed by atoms with E-state index in [4.69, 9.17) is 0 Å². The van der Waals surface area contributed by atoms with Crippen LogP contribution in [0.2, 0.25) is 0 Å². The number of hydrogen-bond donors (Lipinski definition) is 0. The lowest BCUT2D eigenvalue weighted by Gasteiger charge is -2.31. The van der Waals surface area contributed by atoms with E-state index >= 15 is 0 Å². The largest absolute Gasteiger partial charge is 0.341 e. The second-order valence-corrected chi connectivity index (χ2v) is 15.8.